The standard InChI is InChI=1S/C23H28N4O2S/c28-22-2-1-11-27(22)17-19-3-7-20(8-4-19)25-23(29)24-16-18-5-9-21(10-6-18)26-12-14-30-15-13-26/h3-10H,1-2,11-17H2,(H2,24,25,29). The van der Waals surface area contributed by atoms with E-state index in [4.69, 9.17) is 0 Å². The van der Waals surface area contributed by atoms with Crippen LogP contribution in [0.3, 0.4) is 0 Å². The lowest BCUT2D eigenvalue weighted by atomic mass is 10.2. The van der Waals surface area contributed by atoms with Crippen molar-refractivity contribution in [2.75, 3.05) is 41.4 Å². The molecule has 2 aromatic rings. The van der Waals surface area contributed by atoms with Gasteiger partial charge in [0.2, 0.25) is 5.91 Å². The summed E-state index contributed by atoms with van der Waals surface area (Å²) in [4.78, 5) is 28.2. The molecule has 0 radical (unpaired) electrons. The average Bonchev–Trinajstić information content (AvgIpc) is 3.19. The van der Waals surface area contributed by atoms with Crippen LogP contribution < -0.4 is 15.5 Å². The molecule has 7 heteroatoms. The van der Waals surface area contributed by atoms with Crippen LogP contribution in [0.25, 0.3) is 0 Å². The number of carbonyl (C=O) groups is 2. The molecule has 0 bridgehead atoms. The van der Waals surface area contributed by atoms with Gasteiger partial charge in [0, 0.05) is 62.0 Å². The van der Waals surface area contributed by atoms with Gasteiger partial charge in [0.25, 0.3) is 0 Å². The minimum atomic E-state index is -0.227. The third-order valence-corrected chi connectivity index (χ3v) is 6.46. The summed E-state index contributed by atoms with van der Waals surface area (Å²) in [6.07, 6.45) is 1.60. The van der Waals surface area contributed by atoms with E-state index in [1.165, 1.54) is 17.2 Å². The van der Waals surface area contributed by atoms with Crippen molar-refractivity contribution in [1.82, 2.24) is 10.2 Å². The first-order valence-electron chi connectivity index (χ1n) is 10.5. The van der Waals surface area contributed by atoms with Crippen molar-refractivity contribution in [2.24, 2.45) is 0 Å². The van der Waals surface area contributed by atoms with E-state index in [9.17, 15) is 9.59 Å². The van der Waals surface area contributed by atoms with Crippen LogP contribution in [0.5, 0.6) is 0 Å². The zero-order valence-corrected chi connectivity index (χ0v) is 17.9. The number of likely N-dealkylation sites (tertiary alicyclic amines) is 1. The number of thioether (sulfide) groups is 1. The summed E-state index contributed by atoms with van der Waals surface area (Å²) < 4.78 is 0. The molecular formula is C23H28N4O2S. The lowest BCUT2D eigenvalue weighted by Crippen LogP contribution is -2.32. The summed E-state index contributed by atoms with van der Waals surface area (Å²) in [6, 6.07) is 15.9. The Hall–Kier alpha value is -2.67. The zero-order valence-electron chi connectivity index (χ0n) is 17.1. The highest BCUT2D eigenvalue weighted by molar-refractivity contribution is 7.99. The fourth-order valence-electron chi connectivity index (χ4n) is 3.79. The normalized spacial score (nSPS) is 16.6. The third-order valence-electron chi connectivity index (χ3n) is 5.52. The van der Waals surface area contributed by atoms with Crippen molar-refractivity contribution in [2.45, 2.75) is 25.9 Å². The SMILES string of the molecule is O=C(NCc1ccc(N2CCSCC2)cc1)Nc1ccc(CN2CCCC2=O)cc1. The van der Waals surface area contributed by atoms with Gasteiger partial charge in [0.15, 0.2) is 0 Å². The first kappa shape index (κ1) is 20.6. The number of anilines is 2. The number of rotatable bonds is 6. The van der Waals surface area contributed by atoms with Gasteiger partial charge in [-0.15, -0.1) is 0 Å². The quantitative estimate of drug-likeness (QED) is 0.742. The Labute approximate surface area is 182 Å². The summed E-state index contributed by atoms with van der Waals surface area (Å²) in [7, 11) is 0. The maximum atomic E-state index is 12.2. The van der Waals surface area contributed by atoms with Gasteiger partial charge in [-0.25, -0.2) is 4.79 Å². The second-order valence-electron chi connectivity index (χ2n) is 7.69. The van der Waals surface area contributed by atoms with E-state index in [2.05, 4.69) is 39.8 Å². The summed E-state index contributed by atoms with van der Waals surface area (Å²) in [6.45, 7) is 4.14. The van der Waals surface area contributed by atoms with Gasteiger partial charge in [0.05, 0.1) is 0 Å². The van der Waals surface area contributed by atoms with E-state index < -0.39 is 0 Å². The second kappa shape index (κ2) is 9.89. The smallest absolute Gasteiger partial charge is 0.319 e. The predicted molar refractivity (Wildman–Crippen MR) is 123 cm³/mol. The molecule has 2 N–H and O–H groups in total. The Morgan fingerprint density at radius 3 is 2.30 bits per heavy atom. The first-order chi connectivity index (χ1) is 14.7. The van der Waals surface area contributed by atoms with Gasteiger partial charge in [-0.1, -0.05) is 24.3 Å². The Kier molecular flexibility index (Phi) is 6.79. The van der Waals surface area contributed by atoms with Gasteiger partial charge in [-0.05, 0) is 41.8 Å². The molecule has 0 unspecified atom stereocenters. The Balaban J connectivity index is 1.23. The molecule has 0 atom stereocenters. The molecular weight excluding hydrogens is 396 g/mol. The fourth-order valence-corrected chi connectivity index (χ4v) is 4.69. The van der Waals surface area contributed by atoms with Crippen LogP contribution in [-0.2, 0) is 17.9 Å². The number of nitrogens with zero attached hydrogens (tertiary/aromatic N) is 2. The van der Waals surface area contributed by atoms with E-state index in [1.807, 2.05) is 40.9 Å². The van der Waals surface area contributed by atoms with E-state index in [-0.39, 0.29) is 11.9 Å². The number of carbonyl (C=O) groups excluding carboxylic acids is 2. The molecule has 2 aliphatic heterocycles. The lowest BCUT2D eigenvalue weighted by molar-refractivity contribution is -0.128. The predicted octanol–water partition coefficient (Wildman–Crippen LogP) is 3.68. The molecule has 0 spiro atoms. The monoisotopic (exact) mass is 424 g/mol. The molecule has 30 heavy (non-hydrogen) atoms. The van der Waals surface area contributed by atoms with Crippen molar-refractivity contribution in [3.05, 3.63) is 59.7 Å². The van der Waals surface area contributed by atoms with Crippen LogP contribution in [0, 0.1) is 0 Å². The molecule has 6 nitrogen and oxygen atoms in total. The summed E-state index contributed by atoms with van der Waals surface area (Å²) in [5.41, 5.74) is 4.14. The van der Waals surface area contributed by atoms with Crippen molar-refractivity contribution in [3.63, 3.8) is 0 Å². The molecule has 0 aliphatic carbocycles. The van der Waals surface area contributed by atoms with Crippen LogP contribution >= 0.6 is 11.8 Å². The Bertz CT molecular complexity index is 864. The fraction of sp³-hybridized carbons (Fsp3) is 0.391. The molecule has 3 amide bonds. The summed E-state index contributed by atoms with van der Waals surface area (Å²) in [5.74, 6) is 2.58. The van der Waals surface area contributed by atoms with Crippen molar-refractivity contribution < 1.29 is 9.59 Å². The summed E-state index contributed by atoms with van der Waals surface area (Å²) >= 11 is 2.00. The third kappa shape index (κ3) is 5.48. The van der Waals surface area contributed by atoms with Crippen molar-refractivity contribution in [3.8, 4) is 0 Å². The maximum absolute atomic E-state index is 12.2. The van der Waals surface area contributed by atoms with Gasteiger partial charge in [-0.3, -0.25) is 4.79 Å². The molecule has 2 saturated heterocycles. The highest BCUT2D eigenvalue weighted by Gasteiger charge is 2.19. The van der Waals surface area contributed by atoms with E-state index in [1.54, 1.807) is 0 Å². The molecule has 158 valence electrons. The minimum Gasteiger partial charge on any atom is -0.370 e. The number of hydrogen-bond donors (Lipinski definition) is 2. The van der Waals surface area contributed by atoms with E-state index in [0.29, 0.717) is 19.5 Å². The molecule has 2 heterocycles. The van der Waals surface area contributed by atoms with Gasteiger partial charge >= 0.3 is 6.03 Å². The van der Waals surface area contributed by atoms with Crippen LogP contribution in [0.1, 0.15) is 24.0 Å². The topological polar surface area (TPSA) is 64.7 Å². The van der Waals surface area contributed by atoms with Crippen LogP contribution in [0.15, 0.2) is 48.5 Å². The highest BCUT2D eigenvalue weighted by Crippen LogP contribution is 2.20. The molecule has 0 aromatic heterocycles. The Morgan fingerprint density at radius 2 is 1.63 bits per heavy atom. The maximum Gasteiger partial charge on any atom is 0.319 e. The van der Waals surface area contributed by atoms with Crippen LogP contribution in [0.4, 0.5) is 16.2 Å². The van der Waals surface area contributed by atoms with Gasteiger partial charge < -0.3 is 20.4 Å². The zero-order chi connectivity index (χ0) is 20.8. The molecule has 2 aromatic carbocycles. The minimum absolute atomic E-state index is 0.222. The van der Waals surface area contributed by atoms with Crippen molar-refractivity contribution >= 4 is 35.1 Å². The number of nitrogens with one attached hydrogen (secondary N) is 2. The number of urea groups is 1. The van der Waals surface area contributed by atoms with E-state index >= 15 is 0 Å². The van der Waals surface area contributed by atoms with Crippen LogP contribution in [-0.4, -0.2) is 48.0 Å². The Morgan fingerprint density at radius 1 is 0.933 bits per heavy atom. The van der Waals surface area contributed by atoms with E-state index in [0.717, 1.165) is 42.9 Å². The number of benzene rings is 2. The molecule has 2 fully saturated rings. The van der Waals surface area contributed by atoms with Crippen LogP contribution in [0.2, 0.25) is 0 Å². The largest absolute Gasteiger partial charge is 0.370 e. The van der Waals surface area contributed by atoms with Crippen molar-refractivity contribution in [1.29, 1.82) is 0 Å². The molecule has 2 aliphatic rings. The summed E-state index contributed by atoms with van der Waals surface area (Å²) in [5, 5.41) is 5.77. The first-order valence-corrected chi connectivity index (χ1v) is 11.7. The second-order valence-corrected chi connectivity index (χ2v) is 8.91. The molecule has 0 saturated carbocycles. The number of amides is 3. The lowest BCUT2D eigenvalue weighted by Gasteiger charge is -2.28. The van der Waals surface area contributed by atoms with Gasteiger partial charge in [0.1, 0.15) is 0 Å². The average molecular weight is 425 g/mol. The van der Waals surface area contributed by atoms with Gasteiger partial charge in [-0.2, -0.15) is 11.8 Å². The number of hydrogen-bond acceptors (Lipinski definition) is 4. The molecule has 4 rings (SSSR count). The highest BCUT2D eigenvalue weighted by atomic mass is 32.2.